The Morgan fingerprint density at radius 2 is 2.08 bits per heavy atom. The Morgan fingerprint density at radius 3 is 2.46 bits per heavy atom. The van der Waals surface area contributed by atoms with E-state index < -0.39 is 0 Å². The molecule has 0 unspecified atom stereocenters. The van der Waals surface area contributed by atoms with Crippen molar-refractivity contribution in [2.45, 2.75) is 13.3 Å². The van der Waals surface area contributed by atoms with Crippen molar-refractivity contribution in [3.63, 3.8) is 0 Å². The molecule has 0 aromatic rings. The minimum Gasteiger partial charge on any atom is -0.469 e. The summed E-state index contributed by atoms with van der Waals surface area (Å²) in [5, 5.41) is 0. The first-order chi connectivity index (χ1) is 6.10. The first-order valence-corrected chi connectivity index (χ1v) is 4.17. The molecule has 0 saturated carbocycles. The van der Waals surface area contributed by atoms with Crippen LogP contribution in [0.25, 0.3) is 0 Å². The van der Waals surface area contributed by atoms with E-state index in [9.17, 15) is 9.59 Å². The molecule has 5 heteroatoms. The van der Waals surface area contributed by atoms with Crippen LogP contribution in [0.3, 0.4) is 0 Å². The van der Waals surface area contributed by atoms with Crippen LogP contribution in [0.4, 0.5) is 0 Å². The number of likely N-dealkylation sites (N-methyl/N-ethyl adjacent to an activating group) is 1. The highest BCUT2D eigenvalue weighted by molar-refractivity contribution is 5.76. The number of nitrogens with two attached hydrogens (primary N) is 1. The van der Waals surface area contributed by atoms with Crippen LogP contribution >= 0.6 is 0 Å². The fourth-order valence-electron chi connectivity index (χ4n) is 0.921. The summed E-state index contributed by atoms with van der Waals surface area (Å²) in [5.74, 6) is -0.658. The number of carbonyl (C=O) groups excluding carboxylic acids is 2. The lowest BCUT2D eigenvalue weighted by Gasteiger charge is -2.17. The van der Waals surface area contributed by atoms with Crippen LogP contribution in [0.2, 0.25) is 0 Å². The highest BCUT2D eigenvalue weighted by Gasteiger charge is 2.08. The van der Waals surface area contributed by atoms with Gasteiger partial charge in [0.2, 0.25) is 5.91 Å². The summed E-state index contributed by atoms with van der Waals surface area (Å²) in [4.78, 5) is 23.1. The molecule has 0 fully saturated rings. The Morgan fingerprint density at radius 1 is 1.46 bits per heavy atom. The van der Waals surface area contributed by atoms with E-state index in [1.165, 1.54) is 7.11 Å². The Bertz CT molecular complexity index is 182. The predicted octanol–water partition coefficient (Wildman–Crippen LogP) is -0.643. The number of amides is 1. The molecule has 76 valence electrons. The summed E-state index contributed by atoms with van der Waals surface area (Å²) >= 11 is 0. The lowest BCUT2D eigenvalue weighted by molar-refractivity contribution is -0.141. The van der Waals surface area contributed by atoms with Gasteiger partial charge in [-0.05, 0) is 6.54 Å². The Kier molecular flexibility index (Phi) is 5.88. The summed E-state index contributed by atoms with van der Waals surface area (Å²) in [7, 11) is 1.34. The van der Waals surface area contributed by atoms with E-state index in [1.807, 2.05) is 6.92 Å². The number of esters is 1. The predicted molar refractivity (Wildman–Crippen MR) is 47.9 cm³/mol. The van der Waals surface area contributed by atoms with Crippen LogP contribution in [-0.4, -0.2) is 43.5 Å². The molecule has 0 spiro atoms. The van der Waals surface area contributed by atoms with Crippen LogP contribution in [0.15, 0.2) is 0 Å². The molecule has 1 amide bonds. The number of hydrogen-bond donors (Lipinski definition) is 1. The largest absolute Gasteiger partial charge is 0.469 e. The number of ether oxygens (including phenoxy) is 1. The summed E-state index contributed by atoms with van der Waals surface area (Å²) in [5.41, 5.74) is 5.01. The summed E-state index contributed by atoms with van der Waals surface area (Å²) in [6, 6.07) is 0. The summed E-state index contributed by atoms with van der Waals surface area (Å²) in [6.07, 6.45) is 0.289. The van der Waals surface area contributed by atoms with Crippen LogP contribution in [0.5, 0.6) is 0 Å². The van der Waals surface area contributed by atoms with Gasteiger partial charge in [0.1, 0.15) is 0 Å². The summed E-state index contributed by atoms with van der Waals surface area (Å²) in [6.45, 7) is 3.29. The molecule has 0 bridgehead atoms. The third-order valence-corrected chi connectivity index (χ3v) is 1.69. The van der Waals surface area contributed by atoms with Gasteiger partial charge in [0.15, 0.2) is 0 Å². The van der Waals surface area contributed by atoms with Crippen LogP contribution in [0, 0.1) is 0 Å². The smallest absolute Gasteiger partial charge is 0.306 e. The van der Waals surface area contributed by atoms with Crippen LogP contribution in [-0.2, 0) is 14.3 Å². The molecular formula is C8H16N2O3. The van der Waals surface area contributed by atoms with Crippen molar-refractivity contribution < 1.29 is 14.3 Å². The van der Waals surface area contributed by atoms with Gasteiger partial charge in [-0.1, -0.05) is 6.92 Å². The lowest BCUT2D eigenvalue weighted by Crippen LogP contribution is -2.35. The highest BCUT2D eigenvalue weighted by Crippen LogP contribution is 1.92. The monoisotopic (exact) mass is 188 g/mol. The standard InChI is InChI=1S/C8H16N2O3/c1-3-10(6-7(9)11)5-4-8(12)13-2/h3-6H2,1-2H3,(H2,9,11). The van der Waals surface area contributed by atoms with E-state index >= 15 is 0 Å². The van der Waals surface area contributed by atoms with Crippen molar-refractivity contribution >= 4 is 11.9 Å². The topological polar surface area (TPSA) is 72.6 Å². The second-order valence-corrected chi connectivity index (χ2v) is 2.66. The number of carbonyl (C=O) groups is 2. The minimum atomic E-state index is -0.383. The molecule has 0 heterocycles. The average molecular weight is 188 g/mol. The third-order valence-electron chi connectivity index (χ3n) is 1.69. The van der Waals surface area contributed by atoms with E-state index in [0.29, 0.717) is 13.1 Å². The quantitative estimate of drug-likeness (QED) is 0.562. The van der Waals surface area contributed by atoms with Crippen molar-refractivity contribution in [3.8, 4) is 0 Å². The number of hydrogen-bond acceptors (Lipinski definition) is 4. The van der Waals surface area contributed by atoms with Crippen molar-refractivity contribution in [3.05, 3.63) is 0 Å². The molecule has 0 aromatic heterocycles. The molecule has 0 atom stereocenters. The van der Waals surface area contributed by atoms with Gasteiger partial charge in [0.05, 0.1) is 20.1 Å². The maximum atomic E-state index is 10.8. The normalized spacial score (nSPS) is 10.1. The van der Waals surface area contributed by atoms with Gasteiger partial charge < -0.3 is 10.5 Å². The van der Waals surface area contributed by atoms with Gasteiger partial charge in [-0.2, -0.15) is 0 Å². The minimum absolute atomic E-state index is 0.188. The van der Waals surface area contributed by atoms with E-state index in [-0.39, 0.29) is 24.8 Å². The Hall–Kier alpha value is -1.10. The molecule has 2 N–H and O–H groups in total. The fraction of sp³-hybridized carbons (Fsp3) is 0.750. The second-order valence-electron chi connectivity index (χ2n) is 2.66. The lowest BCUT2D eigenvalue weighted by atomic mass is 10.3. The molecule has 0 rings (SSSR count). The zero-order valence-electron chi connectivity index (χ0n) is 8.08. The van der Waals surface area contributed by atoms with Crippen LogP contribution in [0.1, 0.15) is 13.3 Å². The summed E-state index contributed by atoms with van der Waals surface area (Å²) < 4.78 is 4.47. The van der Waals surface area contributed by atoms with E-state index in [1.54, 1.807) is 4.90 Å². The maximum Gasteiger partial charge on any atom is 0.306 e. The molecule has 0 aliphatic rings. The van der Waals surface area contributed by atoms with E-state index in [4.69, 9.17) is 5.73 Å². The number of nitrogens with zero attached hydrogens (tertiary/aromatic N) is 1. The van der Waals surface area contributed by atoms with Gasteiger partial charge in [-0.25, -0.2) is 0 Å². The van der Waals surface area contributed by atoms with Crippen molar-refractivity contribution in [1.29, 1.82) is 0 Å². The third kappa shape index (κ3) is 6.10. The van der Waals surface area contributed by atoms with Gasteiger partial charge >= 0.3 is 5.97 Å². The second kappa shape index (κ2) is 6.42. The van der Waals surface area contributed by atoms with Gasteiger partial charge in [0, 0.05) is 6.54 Å². The van der Waals surface area contributed by atoms with E-state index in [0.717, 1.165) is 0 Å². The molecule has 0 radical (unpaired) electrons. The van der Waals surface area contributed by atoms with Gasteiger partial charge in [-0.15, -0.1) is 0 Å². The zero-order chi connectivity index (χ0) is 10.3. The zero-order valence-corrected chi connectivity index (χ0v) is 8.08. The first kappa shape index (κ1) is 11.9. The molecule has 5 nitrogen and oxygen atoms in total. The maximum absolute atomic E-state index is 10.8. The Labute approximate surface area is 77.8 Å². The first-order valence-electron chi connectivity index (χ1n) is 4.17. The number of primary amides is 1. The SMILES string of the molecule is CCN(CCC(=O)OC)CC(N)=O. The van der Waals surface area contributed by atoms with Gasteiger partial charge in [0.25, 0.3) is 0 Å². The molecule has 13 heavy (non-hydrogen) atoms. The molecular weight excluding hydrogens is 172 g/mol. The molecule has 0 aliphatic carbocycles. The van der Waals surface area contributed by atoms with E-state index in [2.05, 4.69) is 4.74 Å². The van der Waals surface area contributed by atoms with Crippen molar-refractivity contribution in [1.82, 2.24) is 4.90 Å². The molecule has 0 aromatic carbocycles. The fourth-order valence-corrected chi connectivity index (χ4v) is 0.921. The Balaban J connectivity index is 3.71. The average Bonchev–Trinajstić information content (AvgIpc) is 2.10. The van der Waals surface area contributed by atoms with Crippen molar-refractivity contribution in [2.24, 2.45) is 5.73 Å². The van der Waals surface area contributed by atoms with Crippen LogP contribution < -0.4 is 5.73 Å². The number of rotatable bonds is 6. The molecule has 0 saturated heterocycles. The number of methoxy groups -OCH3 is 1. The van der Waals surface area contributed by atoms with Crippen molar-refractivity contribution in [2.75, 3.05) is 26.7 Å². The highest BCUT2D eigenvalue weighted by atomic mass is 16.5. The molecule has 0 aliphatic heterocycles. The van der Waals surface area contributed by atoms with Gasteiger partial charge in [-0.3, -0.25) is 14.5 Å².